The highest BCUT2D eigenvalue weighted by Gasteiger charge is 2.24. The summed E-state index contributed by atoms with van der Waals surface area (Å²) >= 11 is 8.55. The highest BCUT2D eigenvalue weighted by atomic mass is 127. The smallest absolute Gasteiger partial charge is 0.321 e. The molecule has 9 heteroatoms. The fourth-order valence-corrected chi connectivity index (χ4v) is 6.33. The van der Waals surface area contributed by atoms with E-state index in [0.717, 1.165) is 25.6 Å². The Morgan fingerprint density at radius 2 is 1.54 bits per heavy atom. The van der Waals surface area contributed by atoms with E-state index >= 15 is 0 Å². The molecule has 0 aliphatic rings. The molecule has 0 aromatic heterocycles. The van der Waals surface area contributed by atoms with Crippen LogP contribution in [0, 0.1) is 14.3 Å². The van der Waals surface area contributed by atoms with E-state index in [9.17, 15) is 15.0 Å². The number of ether oxygens (including phenoxy) is 1. The average molecular weight is 833 g/mol. The lowest BCUT2D eigenvalue weighted by molar-refractivity contribution is -0.140. The number of carboxylic acid groups (broad SMARTS) is 1. The highest BCUT2D eigenvalue weighted by molar-refractivity contribution is 14.1. The Hall–Kier alpha value is 0.390. The van der Waals surface area contributed by atoms with Crippen LogP contribution in [0.2, 0.25) is 0 Å². The number of nitrogens with one attached hydrogen (secondary N) is 1. The predicted octanol–water partition coefficient (Wildman–Crippen LogP) is 5.99. The summed E-state index contributed by atoms with van der Waals surface area (Å²) in [6.45, 7) is 5.86. The Balaban J connectivity index is 2.28. The minimum absolute atomic E-state index is 0.249. The van der Waals surface area contributed by atoms with E-state index in [1.165, 1.54) is 0 Å². The fourth-order valence-electron chi connectivity index (χ4n) is 2.51. The Bertz CT molecular complexity index is 850. The van der Waals surface area contributed by atoms with Crippen LogP contribution in [0.4, 0.5) is 0 Å². The van der Waals surface area contributed by atoms with Crippen LogP contribution in [0.25, 0.3) is 0 Å². The maximum absolute atomic E-state index is 11.6. The second kappa shape index (κ2) is 10.1. The van der Waals surface area contributed by atoms with Gasteiger partial charge in [0.2, 0.25) is 0 Å². The first-order chi connectivity index (χ1) is 12.9. The number of halogens is 4. The fraction of sp³-hybridized carbons (Fsp3) is 0.316. The van der Waals surface area contributed by atoms with E-state index in [1.807, 2.05) is 32.9 Å². The molecule has 28 heavy (non-hydrogen) atoms. The Labute approximate surface area is 219 Å². The number of phenolic OH excluding ortho intramolecular Hbond substituents is 1. The van der Waals surface area contributed by atoms with Gasteiger partial charge < -0.3 is 14.9 Å². The van der Waals surface area contributed by atoms with Crippen molar-refractivity contribution >= 4 is 96.3 Å². The van der Waals surface area contributed by atoms with Crippen LogP contribution < -0.4 is 10.1 Å². The summed E-state index contributed by atoms with van der Waals surface area (Å²) < 4.78 is 9.32. The van der Waals surface area contributed by atoms with Crippen LogP contribution in [0.15, 0.2) is 24.3 Å². The molecule has 5 nitrogen and oxygen atoms in total. The summed E-state index contributed by atoms with van der Waals surface area (Å²) in [4.78, 5) is 11.6. The SMILES string of the molecule is CC(C)(C)N[C@@H](Cc1cc(I)c(Oc2cc(I)c(O)c(I)c2)c(I)c1)C(=O)O. The van der Waals surface area contributed by atoms with Crippen molar-refractivity contribution in [1.82, 2.24) is 5.32 Å². The number of benzene rings is 2. The number of aliphatic carboxylic acids is 1. The van der Waals surface area contributed by atoms with Crippen LogP contribution in [0.1, 0.15) is 26.3 Å². The second-order valence-corrected chi connectivity index (χ2v) is 11.9. The molecule has 152 valence electrons. The van der Waals surface area contributed by atoms with E-state index in [-0.39, 0.29) is 11.3 Å². The van der Waals surface area contributed by atoms with Crippen molar-refractivity contribution in [2.45, 2.75) is 38.8 Å². The second-order valence-electron chi connectivity index (χ2n) is 7.22. The van der Waals surface area contributed by atoms with Gasteiger partial charge in [-0.1, -0.05) is 0 Å². The van der Waals surface area contributed by atoms with Gasteiger partial charge in [0.1, 0.15) is 17.5 Å². The third kappa shape index (κ3) is 6.97. The van der Waals surface area contributed by atoms with Gasteiger partial charge in [0.05, 0.1) is 14.3 Å². The summed E-state index contributed by atoms with van der Waals surface area (Å²) in [6.07, 6.45) is 0.383. The molecule has 0 bridgehead atoms. The zero-order valence-electron chi connectivity index (χ0n) is 15.3. The van der Waals surface area contributed by atoms with Crippen LogP contribution >= 0.6 is 90.4 Å². The molecule has 3 N–H and O–H groups in total. The molecule has 2 rings (SSSR count). The molecule has 2 aromatic rings. The molecular weight excluding hydrogens is 814 g/mol. The normalized spacial score (nSPS) is 12.7. The maximum Gasteiger partial charge on any atom is 0.321 e. The van der Waals surface area contributed by atoms with E-state index in [2.05, 4.69) is 95.7 Å². The van der Waals surface area contributed by atoms with E-state index < -0.39 is 12.0 Å². The number of aromatic hydroxyl groups is 1. The van der Waals surface area contributed by atoms with Crippen molar-refractivity contribution in [3.05, 3.63) is 44.1 Å². The van der Waals surface area contributed by atoms with Crippen LogP contribution in [-0.4, -0.2) is 27.8 Å². The number of rotatable bonds is 6. The molecule has 0 spiro atoms. The lowest BCUT2D eigenvalue weighted by Gasteiger charge is -2.26. The first-order valence-corrected chi connectivity index (χ1v) is 12.5. The highest BCUT2D eigenvalue weighted by Crippen LogP contribution is 2.37. The number of hydrogen-bond donors (Lipinski definition) is 3. The van der Waals surface area contributed by atoms with Crippen molar-refractivity contribution in [2.75, 3.05) is 0 Å². The lowest BCUT2D eigenvalue weighted by atomic mass is 10.0. The Morgan fingerprint density at radius 1 is 1.04 bits per heavy atom. The molecule has 0 radical (unpaired) electrons. The standard InChI is InChI=1S/C19H19I4NO4/c1-19(2,3)24-15(18(26)27)6-9-4-13(22)17(14(23)5-9)28-10-7-11(20)16(25)12(21)8-10/h4-5,7-8,15,24-25H,6H2,1-3H3,(H,26,27)/t15-/m0/s1. The maximum atomic E-state index is 11.6. The molecular formula is C19H19I4NO4. The van der Waals surface area contributed by atoms with E-state index in [4.69, 9.17) is 4.74 Å². The van der Waals surface area contributed by atoms with Crippen molar-refractivity contribution < 1.29 is 19.7 Å². The van der Waals surface area contributed by atoms with Gasteiger partial charge in [-0.3, -0.25) is 10.1 Å². The molecule has 0 aliphatic carbocycles. The summed E-state index contributed by atoms with van der Waals surface area (Å²) in [5, 5.41) is 22.6. The van der Waals surface area contributed by atoms with Crippen LogP contribution in [-0.2, 0) is 11.2 Å². The van der Waals surface area contributed by atoms with Crippen molar-refractivity contribution in [1.29, 1.82) is 0 Å². The summed E-state index contributed by atoms with van der Waals surface area (Å²) in [5.74, 6) is 0.749. The zero-order valence-corrected chi connectivity index (χ0v) is 23.9. The van der Waals surface area contributed by atoms with Gasteiger partial charge in [-0.05, 0) is 147 Å². The number of phenols is 1. The van der Waals surface area contributed by atoms with Crippen LogP contribution in [0.3, 0.4) is 0 Å². The lowest BCUT2D eigenvalue weighted by Crippen LogP contribution is -2.48. The molecule has 0 aliphatic heterocycles. The van der Waals surface area contributed by atoms with Gasteiger partial charge in [0.25, 0.3) is 0 Å². The third-order valence-electron chi connectivity index (χ3n) is 3.61. The van der Waals surface area contributed by atoms with Gasteiger partial charge in [-0.15, -0.1) is 0 Å². The first kappa shape index (κ1) is 24.7. The topological polar surface area (TPSA) is 78.8 Å². The van der Waals surface area contributed by atoms with E-state index in [1.54, 1.807) is 12.1 Å². The quantitative estimate of drug-likeness (QED) is 0.313. The monoisotopic (exact) mass is 833 g/mol. The molecule has 2 aromatic carbocycles. The van der Waals surface area contributed by atoms with Crippen molar-refractivity contribution in [3.63, 3.8) is 0 Å². The average Bonchev–Trinajstić information content (AvgIpc) is 2.54. The minimum Gasteiger partial charge on any atom is -0.506 e. The summed E-state index contributed by atoms with van der Waals surface area (Å²) in [7, 11) is 0. The summed E-state index contributed by atoms with van der Waals surface area (Å²) in [5.41, 5.74) is 0.639. The Kier molecular flexibility index (Phi) is 8.92. The van der Waals surface area contributed by atoms with Gasteiger partial charge in [-0.25, -0.2) is 0 Å². The molecule has 0 fully saturated rings. The largest absolute Gasteiger partial charge is 0.506 e. The molecule has 1 atom stereocenters. The minimum atomic E-state index is -0.867. The first-order valence-electron chi connectivity index (χ1n) is 8.21. The molecule has 0 unspecified atom stereocenters. The summed E-state index contributed by atoms with van der Waals surface area (Å²) in [6, 6.07) is 6.81. The van der Waals surface area contributed by atoms with Gasteiger partial charge >= 0.3 is 5.97 Å². The van der Waals surface area contributed by atoms with Crippen molar-refractivity contribution in [2.24, 2.45) is 0 Å². The number of carboxylic acids is 1. The molecule has 0 amide bonds. The number of hydrogen-bond acceptors (Lipinski definition) is 4. The molecule has 0 heterocycles. The molecule has 0 saturated carbocycles. The van der Waals surface area contributed by atoms with Gasteiger partial charge in [-0.2, -0.15) is 0 Å². The van der Waals surface area contributed by atoms with Crippen LogP contribution in [0.5, 0.6) is 17.2 Å². The third-order valence-corrected chi connectivity index (χ3v) is 6.86. The Morgan fingerprint density at radius 3 is 1.96 bits per heavy atom. The van der Waals surface area contributed by atoms with Gasteiger partial charge in [0, 0.05) is 5.54 Å². The predicted molar refractivity (Wildman–Crippen MR) is 144 cm³/mol. The van der Waals surface area contributed by atoms with E-state index in [0.29, 0.717) is 12.2 Å². The van der Waals surface area contributed by atoms with Crippen molar-refractivity contribution in [3.8, 4) is 17.2 Å². The zero-order chi connectivity index (χ0) is 21.2. The number of carbonyl (C=O) groups is 1. The van der Waals surface area contributed by atoms with Gasteiger partial charge in [0.15, 0.2) is 5.75 Å². The molecule has 0 saturated heterocycles.